The zero-order valence-electron chi connectivity index (χ0n) is 16.8. The molecular formula is C22H27N5OS. The lowest BCUT2D eigenvalue weighted by molar-refractivity contribution is -0.122. The number of aromatic nitrogens is 2. The maximum atomic E-state index is 12.1. The first-order valence-electron chi connectivity index (χ1n) is 10.3. The van der Waals surface area contributed by atoms with Crippen molar-refractivity contribution in [1.82, 2.24) is 20.2 Å². The third kappa shape index (κ3) is 4.74. The van der Waals surface area contributed by atoms with Gasteiger partial charge in [-0.2, -0.15) is 0 Å². The maximum absolute atomic E-state index is 12.1. The van der Waals surface area contributed by atoms with Crippen LogP contribution in [0.4, 0.5) is 5.82 Å². The van der Waals surface area contributed by atoms with Gasteiger partial charge in [0.25, 0.3) is 0 Å². The van der Waals surface area contributed by atoms with Crippen LogP contribution in [0.15, 0.2) is 42.7 Å². The first-order chi connectivity index (χ1) is 14.2. The Morgan fingerprint density at radius 2 is 1.93 bits per heavy atom. The van der Waals surface area contributed by atoms with Gasteiger partial charge >= 0.3 is 0 Å². The quantitative estimate of drug-likeness (QED) is 0.606. The van der Waals surface area contributed by atoms with Gasteiger partial charge in [-0.25, -0.2) is 9.97 Å². The molecule has 0 bridgehead atoms. The van der Waals surface area contributed by atoms with Crippen LogP contribution in [0.3, 0.4) is 0 Å². The Labute approximate surface area is 175 Å². The van der Waals surface area contributed by atoms with E-state index in [9.17, 15) is 4.79 Å². The predicted molar refractivity (Wildman–Crippen MR) is 119 cm³/mol. The van der Waals surface area contributed by atoms with Gasteiger partial charge in [-0.1, -0.05) is 43.7 Å². The summed E-state index contributed by atoms with van der Waals surface area (Å²) in [7, 11) is 0. The molecule has 1 fully saturated rings. The number of thiophene rings is 1. The summed E-state index contributed by atoms with van der Waals surface area (Å²) in [6, 6.07) is 12.6. The van der Waals surface area contributed by atoms with E-state index in [2.05, 4.69) is 62.3 Å². The molecule has 0 radical (unpaired) electrons. The number of carbonyl (C=O) groups excluding carboxylic acids is 1. The molecular weight excluding hydrogens is 382 g/mol. The lowest BCUT2D eigenvalue weighted by Gasteiger charge is -2.35. The number of anilines is 1. The Balaban J connectivity index is 1.42. The molecule has 1 aliphatic rings. The van der Waals surface area contributed by atoms with E-state index in [1.807, 2.05) is 6.07 Å². The second-order valence-electron chi connectivity index (χ2n) is 7.36. The van der Waals surface area contributed by atoms with Crippen molar-refractivity contribution in [1.29, 1.82) is 0 Å². The predicted octanol–water partition coefficient (Wildman–Crippen LogP) is 3.40. The van der Waals surface area contributed by atoms with Crippen LogP contribution in [0.1, 0.15) is 19.8 Å². The number of unbranched alkanes of at least 4 members (excludes halogenated alkanes) is 1. The minimum atomic E-state index is 0.127. The number of hydrogen-bond acceptors (Lipinski definition) is 6. The van der Waals surface area contributed by atoms with Crippen molar-refractivity contribution in [3.8, 4) is 10.4 Å². The minimum Gasteiger partial charge on any atom is -0.355 e. The molecule has 0 unspecified atom stereocenters. The zero-order valence-corrected chi connectivity index (χ0v) is 17.6. The minimum absolute atomic E-state index is 0.127. The summed E-state index contributed by atoms with van der Waals surface area (Å²) in [4.78, 5) is 27.9. The number of nitrogens with zero attached hydrogens (tertiary/aromatic N) is 4. The number of amides is 1. The number of nitrogens with one attached hydrogen (secondary N) is 1. The summed E-state index contributed by atoms with van der Waals surface area (Å²) in [6.07, 6.45) is 3.80. The molecule has 6 nitrogen and oxygen atoms in total. The lowest BCUT2D eigenvalue weighted by atomic mass is 10.2. The number of carbonyl (C=O) groups is 1. The highest BCUT2D eigenvalue weighted by Crippen LogP contribution is 2.36. The Morgan fingerprint density at radius 3 is 2.69 bits per heavy atom. The number of fused-ring (bicyclic) bond motifs is 1. The van der Waals surface area contributed by atoms with Crippen LogP contribution in [0.25, 0.3) is 20.7 Å². The Kier molecular flexibility index (Phi) is 6.36. The number of hydrogen-bond donors (Lipinski definition) is 1. The Bertz CT molecular complexity index is 950. The van der Waals surface area contributed by atoms with Gasteiger partial charge < -0.3 is 10.2 Å². The van der Waals surface area contributed by atoms with Crippen molar-refractivity contribution in [2.24, 2.45) is 0 Å². The molecule has 1 amide bonds. The highest BCUT2D eigenvalue weighted by molar-refractivity contribution is 7.21. The topological polar surface area (TPSA) is 61.4 Å². The van der Waals surface area contributed by atoms with Gasteiger partial charge in [-0.15, -0.1) is 11.3 Å². The van der Waals surface area contributed by atoms with E-state index in [-0.39, 0.29) is 5.91 Å². The van der Waals surface area contributed by atoms with Crippen molar-refractivity contribution in [2.45, 2.75) is 19.8 Å². The van der Waals surface area contributed by atoms with Crippen LogP contribution in [-0.2, 0) is 4.79 Å². The molecule has 0 atom stereocenters. The van der Waals surface area contributed by atoms with Gasteiger partial charge in [-0.05, 0) is 18.1 Å². The van der Waals surface area contributed by atoms with E-state index in [1.54, 1.807) is 17.7 Å². The molecule has 2 aromatic heterocycles. The molecule has 152 valence electrons. The first kappa shape index (κ1) is 19.8. The van der Waals surface area contributed by atoms with Gasteiger partial charge in [-0.3, -0.25) is 9.69 Å². The fourth-order valence-corrected chi connectivity index (χ4v) is 4.62. The molecule has 1 N–H and O–H groups in total. The zero-order chi connectivity index (χ0) is 20.1. The first-order valence-corrected chi connectivity index (χ1v) is 11.1. The Hall–Kier alpha value is -2.51. The van der Waals surface area contributed by atoms with Crippen molar-refractivity contribution >= 4 is 33.3 Å². The summed E-state index contributed by atoms with van der Waals surface area (Å²) >= 11 is 1.71. The third-order valence-corrected chi connectivity index (χ3v) is 6.35. The average molecular weight is 410 g/mol. The molecule has 3 heterocycles. The van der Waals surface area contributed by atoms with E-state index in [4.69, 9.17) is 0 Å². The molecule has 0 spiro atoms. The number of rotatable bonds is 7. The van der Waals surface area contributed by atoms with E-state index >= 15 is 0 Å². The van der Waals surface area contributed by atoms with Crippen LogP contribution in [0.2, 0.25) is 0 Å². The number of piperazine rings is 1. The van der Waals surface area contributed by atoms with E-state index in [1.165, 1.54) is 10.4 Å². The van der Waals surface area contributed by atoms with Crippen LogP contribution in [0, 0.1) is 0 Å². The highest BCUT2D eigenvalue weighted by Gasteiger charge is 2.22. The fourth-order valence-electron chi connectivity index (χ4n) is 3.62. The third-order valence-electron chi connectivity index (χ3n) is 5.26. The van der Waals surface area contributed by atoms with Crippen LogP contribution >= 0.6 is 11.3 Å². The van der Waals surface area contributed by atoms with Crippen molar-refractivity contribution in [2.75, 3.05) is 44.2 Å². The summed E-state index contributed by atoms with van der Waals surface area (Å²) in [5, 5.41) is 4.12. The van der Waals surface area contributed by atoms with Crippen LogP contribution in [0.5, 0.6) is 0 Å². The van der Waals surface area contributed by atoms with E-state index in [0.717, 1.165) is 61.6 Å². The molecule has 1 aromatic carbocycles. The largest absolute Gasteiger partial charge is 0.355 e. The molecule has 4 rings (SSSR count). The molecule has 7 heteroatoms. The van der Waals surface area contributed by atoms with Gasteiger partial charge in [0.15, 0.2) is 0 Å². The summed E-state index contributed by atoms with van der Waals surface area (Å²) in [6.45, 7) is 6.84. The van der Waals surface area contributed by atoms with Gasteiger partial charge in [0.2, 0.25) is 5.91 Å². The second-order valence-corrected chi connectivity index (χ2v) is 8.39. The second kappa shape index (κ2) is 9.33. The maximum Gasteiger partial charge on any atom is 0.234 e. The average Bonchev–Trinajstić information content (AvgIpc) is 3.20. The number of benzene rings is 1. The van der Waals surface area contributed by atoms with Crippen LogP contribution in [-0.4, -0.2) is 60.0 Å². The Morgan fingerprint density at radius 1 is 1.14 bits per heavy atom. The summed E-state index contributed by atoms with van der Waals surface area (Å²) < 4.78 is 0. The van der Waals surface area contributed by atoms with Gasteiger partial charge in [0.05, 0.1) is 11.9 Å². The van der Waals surface area contributed by atoms with Gasteiger partial charge in [0.1, 0.15) is 17.0 Å². The summed E-state index contributed by atoms with van der Waals surface area (Å²) in [5.41, 5.74) is 1.21. The normalized spacial score (nSPS) is 15.0. The van der Waals surface area contributed by atoms with E-state index < -0.39 is 0 Å². The monoisotopic (exact) mass is 409 g/mol. The van der Waals surface area contributed by atoms with Crippen molar-refractivity contribution in [3.63, 3.8) is 0 Å². The summed E-state index contributed by atoms with van der Waals surface area (Å²) in [5.74, 6) is 1.13. The standard InChI is InChI=1S/C22H27N5OS/c1-2-3-9-23-20(28)15-26-10-12-27(13-11-26)21-18-14-19(17-7-5-4-6-8-17)29-22(18)25-16-24-21/h4-8,14,16H,2-3,9-13,15H2,1H3,(H,23,28). The molecule has 0 aliphatic carbocycles. The molecule has 1 aliphatic heterocycles. The van der Waals surface area contributed by atoms with E-state index in [0.29, 0.717) is 6.54 Å². The molecule has 3 aromatic rings. The van der Waals surface area contributed by atoms with Gasteiger partial charge in [0, 0.05) is 37.6 Å². The van der Waals surface area contributed by atoms with Crippen molar-refractivity contribution < 1.29 is 4.79 Å². The molecule has 1 saturated heterocycles. The smallest absolute Gasteiger partial charge is 0.234 e. The van der Waals surface area contributed by atoms with Crippen molar-refractivity contribution in [3.05, 3.63) is 42.7 Å². The SMILES string of the molecule is CCCCNC(=O)CN1CCN(c2ncnc3sc(-c4ccccc4)cc23)CC1. The molecule has 0 saturated carbocycles. The lowest BCUT2D eigenvalue weighted by Crippen LogP contribution is -2.49. The van der Waals surface area contributed by atoms with Crippen LogP contribution < -0.4 is 10.2 Å². The highest BCUT2D eigenvalue weighted by atomic mass is 32.1. The molecule has 29 heavy (non-hydrogen) atoms. The fraction of sp³-hybridized carbons (Fsp3) is 0.409.